The predicted octanol–water partition coefficient (Wildman–Crippen LogP) is 4.83. The number of rotatable bonds is 4. The van der Waals surface area contributed by atoms with Crippen molar-refractivity contribution in [2.24, 2.45) is 0 Å². The quantitative estimate of drug-likeness (QED) is 0.568. The molecule has 36 heavy (non-hydrogen) atoms. The Kier molecular flexibility index (Phi) is 5.69. The molecule has 2 aliphatic heterocycles. The van der Waals surface area contributed by atoms with Crippen LogP contribution in [-0.2, 0) is 15.1 Å². The van der Waals surface area contributed by atoms with E-state index in [-0.39, 0.29) is 44.1 Å². The van der Waals surface area contributed by atoms with Crippen molar-refractivity contribution in [2.45, 2.75) is 36.4 Å². The molecule has 3 aliphatic rings. The molecular weight excluding hydrogens is 461 g/mol. The number of aliphatic hydroxyl groups is 1. The molecule has 0 aromatic heterocycles. The molecule has 1 aliphatic carbocycles. The number of piperidine rings is 1. The fourth-order valence-corrected chi connectivity index (χ4v) is 6.16. The molecule has 2 unspecified atom stereocenters. The summed E-state index contributed by atoms with van der Waals surface area (Å²) in [6, 6.07) is 20.1. The summed E-state index contributed by atoms with van der Waals surface area (Å²) in [5.41, 5.74) is 3.45. The third-order valence-electron chi connectivity index (χ3n) is 7.78. The number of morpholine rings is 1. The minimum atomic E-state index is -1.41. The molecule has 0 saturated carbocycles. The SMILES string of the molecule is COc1ccc(C2(O)CC3COCC(C2)N3C(=O)OCC2c3ccccc3-c3ccccc32)c(F)c1. The number of hydrogen-bond acceptors (Lipinski definition) is 5. The van der Waals surface area contributed by atoms with Crippen molar-refractivity contribution < 1.29 is 28.5 Å². The molecule has 2 bridgehead atoms. The van der Waals surface area contributed by atoms with Gasteiger partial charge in [-0.1, -0.05) is 48.5 Å². The van der Waals surface area contributed by atoms with Gasteiger partial charge in [-0.15, -0.1) is 0 Å². The zero-order chi connectivity index (χ0) is 24.9. The first-order valence-electron chi connectivity index (χ1n) is 12.3. The Morgan fingerprint density at radius 1 is 1.03 bits per heavy atom. The standard InChI is InChI=1S/C29H28FNO5/c1-34-20-10-11-26(27(30)12-20)29(33)13-18-15-35-16-19(14-29)31(18)28(32)36-17-25-23-8-4-2-6-21(23)22-7-3-5-9-24(22)25/h2-12,18-19,25,33H,13-17H2,1H3. The second kappa shape index (κ2) is 8.91. The Labute approximate surface area is 209 Å². The third kappa shape index (κ3) is 3.74. The second-order valence-electron chi connectivity index (χ2n) is 9.84. The maximum Gasteiger partial charge on any atom is 0.410 e. The lowest BCUT2D eigenvalue weighted by molar-refractivity contribution is -0.137. The predicted molar refractivity (Wildman–Crippen MR) is 131 cm³/mol. The molecule has 0 spiro atoms. The number of hydrogen-bond donors (Lipinski definition) is 1. The highest BCUT2D eigenvalue weighted by Crippen LogP contribution is 2.45. The van der Waals surface area contributed by atoms with Crippen molar-refractivity contribution in [1.29, 1.82) is 0 Å². The van der Waals surface area contributed by atoms with Crippen molar-refractivity contribution in [3.63, 3.8) is 0 Å². The van der Waals surface area contributed by atoms with Crippen molar-refractivity contribution >= 4 is 6.09 Å². The summed E-state index contributed by atoms with van der Waals surface area (Å²) in [6.45, 7) is 0.753. The number of amides is 1. The lowest BCUT2D eigenvalue weighted by Crippen LogP contribution is -2.62. The summed E-state index contributed by atoms with van der Waals surface area (Å²) >= 11 is 0. The molecule has 186 valence electrons. The molecule has 3 aromatic rings. The van der Waals surface area contributed by atoms with Gasteiger partial charge in [-0.05, 0) is 34.4 Å². The van der Waals surface area contributed by atoms with Gasteiger partial charge in [-0.25, -0.2) is 9.18 Å². The molecule has 2 saturated heterocycles. The van der Waals surface area contributed by atoms with E-state index in [0.717, 1.165) is 11.1 Å². The second-order valence-corrected chi connectivity index (χ2v) is 9.84. The van der Waals surface area contributed by atoms with Crippen molar-refractivity contribution in [3.05, 3.63) is 89.2 Å². The van der Waals surface area contributed by atoms with E-state index in [1.165, 1.54) is 24.3 Å². The average molecular weight is 490 g/mol. The van der Waals surface area contributed by atoms with Gasteiger partial charge in [0.1, 0.15) is 18.2 Å². The zero-order valence-electron chi connectivity index (χ0n) is 20.0. The number of fused-ring (bicyclic) bond motifs is 5. The summed E-state index contributed by atoms with van der Waals surface area (Å²) in [5.74, 6) is -0.169. The summed E-state index contributed by atoms with van der Waals surface area (Å²) in [5, 5.41) is 11.5. The molecule has 2 atom stereocenters. The Morgan fingerprint density at radius 2 is 1.64 bits per heavy atom. The fraction of sp³-hybridized carbons (Fsp3) is 0.345. The summed E-state index contributed by atoms with van der Waals surface area (Å²) in [7, 11) is 1.47. The molecule has 6 rings (SSSR count). The van der Waals surface area contributed by atoms with Crippen LogP contribution >= 0.6 is 0 Å². The van der Waals surface area contributed by atoms with Crippen molar-refractivity contribution in [1.82, 2.24) is 4.90 Å². The van der Waals surface area contributed by atoms with Gasteiger partial charge in [-0.3, -0.25) is 4.90 Å². The molecular formula is C29H28FNO5. The van der Waals surface area contributed by atoms with E-state index in [1.54, 1.807) is 17.0 Å². The number of nitrogens with zero attached hydrogens (tertiary/aromatic N) is 1. The highest BCUT2D eigenvalue weighted by atomic mass is 19.1. The zero-order valence-corrected chi connectivity index (χ0v) is 20.0. The van der Waals surface area contributed by atoms with Gasteiger partial charge in [0, 0.05) is 30.4 Å². The van der Waals surface area contributed by atoms with E-state index >= 15 is 0 Å². The Balaban J connectivity index is 1.20. The van der Waals surface area contributed by atoms with Crippen LogP contribution < -0.4 is 4.74 Å². The minimum absolute atomic E-state index is 0.0347. The highest BCUT2D eigenvalue weighted by Gasteiger charge is 2.50. The molecule has 2 heterocycles. The van der Waals surface area contributed by atoms with Gasteiger partial charge < -0.3 is 19.3 Å². The van der Waals surface area contributed by atoms with Crippen LogP contribution in [0.5, 0.6) is 5.75 Å². The van der Waals surface area contributed by atoms with Crippen LogP contribution in [-0.4, -0.2) is 55.1 Å². The fourth-order valence-electron chi connectivity index (χ4n) is 6.16. The van der Waals surface area contributed by atoms with Crippen LogP contribution in [0, 0.1) is 5.82 Å². The number of methoxy groups -OCH3 is 1. The topological polar surface area (TPSA) is 68.2 Å². The first kappa shape index (κ1) is 23.0. The third-order valence-corrected chi connectivity index (χ3v) is 7.78. The first-order valence-corrected chi connectivity index (χ1v) is 12.3. The van der Waals surface area contributed by atoms with Crippen molar-refractivity contribution in [3.8, 4) is 16.9 Å². The Morgan fingerprint density at radius 3 is 2.22 bits per heavy atom. The normalized spacial score (nSPS) is 24.7. The highest BCUT2D eigenvalue weighted by molar-refractivity contribution is 5.79. The Bertz CT molecular complexity index is 1250. The van der Waals surface area contributed by atoms with E-state index in [4.69, 9.17) is 14.2 Å². The van der Waals surface area contributed by atoms with Crippen LogP contribution in [0.2, 0.25) is 0 Å². The minimum Gasteiger partial charge on any atom is -0.497 e. The summed E-state index contributed by atoms with van der Waals surface area (Å²) in [6.07, 6.45) is -0.0964. The number of ether oxygens (including phenoxy) is 3. The number of halogens is 1. The maximum atomic E-state index is 14.9. The number of benzene rings is 3. The van der Waals surface area contributed by atoms with Gasteiger partial charge in [-0.2, -0.15) is 0 Å². The van der Waals surface area contributed by atoms with E-state index in [1.807, 2.05) is 24.3 Å². The average Bonchev–Trinajstić information content (AvgIpc) is 3.20. The molecule has 1 amide bonds. The van der Waals surface area contributed by atoms with E-state index < -0.39 is 29.6 Å². The Hall–Kier alpha value is -3.42. The van der Waals surface area contributed by atoms with Crippen molar-refractivity contribution in [2.75, 3.05) is 26.9 Å². The molecule has 1 N–H and O–H groups in total. The van der Waals surface area contributed by atoms with Crippen LogP contribution in [0.25, 0.3) is 11.1 Å². The van der Waals surface area contributed by atoms with Crippen LogP contribution in [0.15, 0.2) is 66.7 Å². The lowest BCUT2D eigenvalue weighted by atomic mass is 9.77. The van der Waals surface area contributed by atoms with Crippen LogP contribution in [0.4, 0.5) is 9.18 Å². The molecule has 7 heteroatoms. The largest absolute Gasteiger partial charge is 0.497 e. The van der Waals surface area contributed by atoms with E-state index in [0.29, 0.717) is 5.75 Å². The van der Waals surface area contributed by atoms with Gasteiger partial charge in [0.15, 0.2) is 0 Å². The van der Waals surface area contributed by atoms with Gasteiger partial charge >= 0.3 is 6.09 Å². The van der Waals surface area contributed by atoms with Crippen LogP contribution in [0.3, 0.4) is 0 Å². The molecule has 0 radical (unpaired) electrons. The maximum absolute atomic E-state index is 14.9. The number of carbonyl (C=O) groups is 1. The molecule has 2 fully saturated rings. The van der Waals surface area contributed by atoms with Gasteiger partial charge in [0.2, 0.25) is 0 Å². The summed E-state index contributed by atoms with van der Waals surface area (Å²) in [4.78, 5) is 15.1. The lowest BCUT2D eigenvalue weighted by Gasteiger charge is -2.51. The molecule has 3 aromatic carbocycles. The summed E-state index contributed by atoms with van der Waals surface area (Å²) < 4.78 is 31.6. The van der Waals surface area contributed by atoms with E-state index in [9.17, 15) is 14.3 Å². The monoisotopic (exact) mass is 489 g/mol. The number of carbonyl (C=O) groups excluding carboxylic acids is 1. The van der Waals surface area contributed by atoms with Gasteiger partial charge in [0.05, 0.1) is 38.0 Å². The molecule has 6 nitrogen and oxygen atoms in total. The van der Waals surface area contributed by atoms with E-state index in [2.05, 4.69) is 24.3 Å². The smallest absolute Gasteiger partial charge is 0.410 e. The van der Waals surface area contributed by atoms with Gasteiger partial charge in [0.25, 0.3) is 0 Å². The van der Waals surface area contributed by atoms with Crippen LogP contribution in [0.1, 0.15) is 35.4 Å². The first-order chi connectivity index (χ1) is 17.5.